The lowest BCUT2D eigenvalue weighted by molar-refractivity contribution is -0.384. The number of hydrogen-bond donors (Lipinski definition) is 1. The van der Waals surface area contributed by atoms with E-state index in [9.17, 15) is 19.3 Å². The largest absolute Gasteiger partial charge is 0.496 e. The Labute approximate surface area is 195 Å². The summed E-state index contributed by atoms with van der Waals surface area (Å²) < 4.78 is 19.6. The molecule has 1 amide bonds. The number of nitro groups is 1. The summed E-state index contributed by atoms with van der Waals surface area (Å²) in [5, 5.41) is 14.2. The highest BCUT2D eigenvalue weighted by Crippen LogP contribution is 2.34. The first-order chi connectivity index (χ1) is 15.8. The third kappa shape index (κ3) is 5.88. The van der Waals surface area contributed by atoms with E-state index in [1.807, 2.05) is 43.3 Å². The first kappa shape index (κ1) is 24.2. The molecule has 0 aliphatic carbocycles. The molecule has 3 rings (SSSR count). The Balaban J connectivity index is 1.89. The molecule has 0 saturated carbocycles. The van der Waals surface area contributed by atoms with Gasteiger partial charge >= 0.3 is 0 Å². The lowest BCUT2D eigenvalue weighted by atomic mass is 10.0. The number of nitro benzene ring substituents is 1. The predicted octanol–water partition coefficient (Wildman–Crippen LogP) is 4.93. The smallest absolute Gasteiger partial charge is 0.270 e. The number of halogens is 1. The molecule has 172 valence electrons. The molecule has 7 nitrogen and oxygen atoms in total. The summed E-state index contributed by atoms with van der Waals surface area (Å²) in [4.78, 5) is 26.6. The van der Waals surface area contributed by atoms with Crippen molar-refractivity contribution < 1.29 is 18.8 Å². The highest BCUT2D eigenvalue weighted by atomic mass is 32.2. The van der Waals surface area contributed by atoms with Crippen LogP contribution in [-0.2, 0) is 0 Å². The Morgan fingerprint density at radius 2 is 1.82 bits per heavy atom. The van der Waals surface area contributed by atoms with Gasteiger partial charge in [-0.25, -0.2) is 4.39 Å². The summed E-state index contributed by atoms with van der Waals surface area (Å²) in [7, 11) is 5.35. The van der Waals surface area contributed by atoms with Gasteiger partial charge < -0.3 is 15.0 Å². The zero-order chi connectivity index (χ0) is 24.0. The second-order valence-corrected chi connectivity index (χ2v) is 8.49. The molecule has 1 unspecified atom stereocenters. The summed E-state index contributed by atoms with van der Waals surface area (Å²) in [6.45, 7) is 0.235. The SMILES string of the molecule is COc1ccccc1C(CNC(=O)c1cc([N+](=O)[O-])ccc1Sc1ccccc1F)N(C)C. The van der Waals surface area contributed by atoms with Crippen LogP contribution in [0.3, 0.4) is 0 Å². The zero-order valence-electron chi connectivity index (χ0n) is 18.4. The minimum Gasteiger partial charge on any atom is -0.496 e. The summed E-state index contributed by atoms with van der Waals surface area (Å²) >= 11 is 1.04. The maximum Gasteiger partial charge on any atom is 0.270 e. The Hall–Kier alpha value is -3.43. The summed E-state index contributed by atoms with van der Waals surface area (Å²) in [5.41, 5.74) is 0.784. The molecule has 0 spiro atoms. The van der Waals surface area contributed by atoms with E-state index in [0.29, 0.717) is 15.5 Å². The van der Waals surface area contributed by atoms with E-state index >= 15 is 0 Å². The number of nitrogens with one attached hydrogen (secondary N) is 1. The minimum absolute atomic E-state index is 0.106. The number of amides is 1. The second kappa shape index (κ2) is 10.9. The van der Waals surface area contributed by atoms with E-state index in [-0.39, 0.29) is 23.8 Å². The number of benzene rings is 3. The first-order valence-corrected chi connectivity index (χ1v) is 10.9. The zero-order valence-corrected chi connectivity index (χ0v) is 19.3. The molecular weight excluding hydrogens is 445 g/mol. The van der Waals surface area contributed by atoms with Crippen molar-refractivity contribution in [2.75, 3.05) is 27.7 Å². The molecule has 0 bridgehead atoms. The fraction of sp³-hybridized carbons (Fsp3) is 0.208. The Bertz CT molecular complexity index is 1160. The Morgan fingerprint density at radius 1 is 1.12 bits per heavy atom. The number of methoxy groups -OCH3 is 1. The van der Waals surface area contributed by atoms with Crippen molar-refractivity contribution in [3.8, 4) is 5.75 Å². The molecule has 0 radical (unpaired) electrons. The van der Waals surface area contributed by atoms with Crippen LogP contribution in [0, 0.1) is 15.9 Å². The number of likely N-dealkylation sites (N-methyl/N-ethyl adjacent to an activating group) is 1. The topological polar surface area (TPSA) is 84.7 Å². The van der Waals surface area contributed by atoms with Crippen molar-refractivity contribution in [2.45, 2.75) is 15.8 Å². The minimum atomic E-state index is -0.564. The number of rotatable bonds is 9. The first-order valence-electron chi connectivity index (χ1n) is 10.1. The highest BCUT2D eigenvalue weighted by Gasteiger charge is 2.22. The van der Waals surface area contributed by atoms with Gasteiger partial charge in [-0.15, -0.1) is 0 Å². The number of hydrogen-bond acceptors (Lipinski definition) is 6. The Morgan fingerprint density at radius 3 is 2.48 bits per heavy atom. The number of nitrogens with zero attached hydrogens (tertiary/aromatic N) is 2. The van der Waals surface area contributed by atoms with Crippen LogP contribution >= 0.6 is 11.8 Å². The molecule has 9 heteroatoms. The van der Waals surface area contributed by atoms with Gasteiger partial charge in [0.15, 0.2) is 0 Å². The second-order valence-electron chi connectivity index (χ2n) is 7.40. The molecule has 33 heavy (non-hydrogen) atoms. The van der Waals surface area contributed by atoms with Crippen LogP contribution in [0.15, 0.2) is 76.5 Å². The third-order valence-electron chi connectivity index (χ3n) is 5.05. The van der Waals surface area contributed by atoms with Crippen LogP contribution in [0.2, 0.25) is 0 Å². The van der Waals surface area contributed by atoms with E-state index in [1.54, 1.807) is 25.3 Å². The van der Waals surface area contributed by atoms with Crippen LogP contribution in [0.5, 0.6) is 5.75 Å². The normalized spacial score (nSPS) is 11.8. The van der Waals surface area contributed by atoms with Gasteiger partial charge in [0.25, 0.3) is 11.6 Å². The standard InChI is InChI=1S/C24H24FN3O4S/c1-27(2)20(17-8-4-6-10-21(17)32-3)15-26-24(29)18-14-16(28(30)31)12-13-22(18)33-23-11-7-5-9-19(23)25/h4-14,20H,15H2,1-3H3,(H,26,29). The van der Waals surface area contributed by atoms with Crippen LogP contribution < -0.4 is 10.1 Å². The van der Waals surface area contributed by atoms with Crippen molar-refractivity contribution in [1.82, 2.24) is 10.2 Å². The van der Waals surface area contributed by atoms with Crippen molar-refractivity contribution in [1.29, 1.82) is 0 Å². The van der Waals surface area contributed by atoms with Gasteiger partial charge in [-0.1, -0.05) is 42.1 Å². The van der Waals surface area contributed by atoms with Crippen molar-refractivity contribution in [2.24, 2.45) is 0 Å². The molecular formula is C24H24FN3O4S. The van der Waals surface area contributed by atoms with Gasteiger partial charge in [0.1, 0.15) is 11.6 Å². The monoisotopic (exact) mass is 469 g/mol. The van der Waals surface area contributed by atoms with Crippen LogP contribution in [0.25, 0.3) is 0 Å². The molecule has 1 atom stereocenters. The average molecular weight is 470 g/mol. The quantitative estimate of drug-likeness (QED) is 0.354. The molecule has 1 N–H and O–H groups in total. The number of carbonyl (C=O) groups excluding carboxylic acids is 1. The molecule has 3 aromatic carbocycles. The lowest BCUT2D eigenvalue weighted by Crippen LogP contribution is -2.35. The van der Waals surface area contributed by atoms with E-state index in [4.69, 9.17) is 4.74 Å². The van der Waals surface area contributed by atoms with E-state index in [2.05, 4.69) is 5.32 Å². The lowest BCUT2D eigenvalue weighted by Gasteiger charge is -2.26. The number of para-hydroxylation sites is 1. The highest BCUT2D eigenvalue weighted by molar-refractivity contribution is 7.99. The third-order valence-corrected chi connectivity index (χ3v) is 6.18. The maximum absolute atomic E-state index is 14.2. The maximum atomic E-state index is 14.2. The molecule has 0 saturated heterocycles. The predicted molar refractivity (Wildman–Crippen MR) is 125 cm³/mol. The molecule has 0 aromatic heterocycles. The van der Waals surface area contributed by atoms with Crippen molar-refractivity contribution in [3.05, 3.63) is 93.8 Å². The van der Waals surface area contributed by atoms with E-state index < -0.39 is 16.6 Å². The van der Waals surface area contributed by atoms with Gasteiger partial charge in [-0.2, -0.15) is 0 Å². The summed E-state index contributed by atoms with van der Waals surface area (Å²) in [6.07, 6.45) is 0. The van der Waals surface area contributed by atoms with Gasteiger partial charge in [0.05, 0.1) is 23.6 Å². The summed E-state index contributed by atoms with van der Waals surface area (Å²) in [6, 6.07) is 17.5. The van der Waals surface area contributed by atoms with E-state index in [0.717, 1.165) is 17.3 Å². The number of carbonyl (C=O) groups is 1. The molecule has 0 heterocycles. The fourth-order valence-corrected chi connectivity index (χ4v) is 4.29. The number of non-ortho nitro benzene ring substituents is 1. The fourth-order valence-electron chi connectivity index (χ4n) is 3.34. The molecule has 3 aromatic rings. The Kier molecular flexibility index (Phi) is 8.02. The van der Waals surface area contributed by atoms with Crippen LogP contribution in [-0.4, -0.2) is 43.5 Å². The van der Waals surface area contributed by atoms with Gasteiger partial charge in [-0.3, -0.25) is 14.9 Å². The molecule has 0 aliphatic heterocycles. The van der Waals surface area contributed by atoms with Crippen LogP contribution in [0.4, 0.5) is 10.1 Å². The number of ether oxygens (including phenoxy) is 1. The molecule has 0 fully saturated rings. The van der Waals surface area contributed by atoms with Gasteiger partial charge in [0.2, 0.25) is 0 Å². The van der Waals surface area contributed by atoms with E-state index in [1.165, 1.54) is 24.3 Å². The molecule has 0 aliphatic rings. The van der Waals surface area contributed by atoms with Gasteiger partial charge in [-0.05, 0) is 38.4 Å². The summed E-state index contributed by atoms with van der Waals surface area (Å²) in [5.74, 6) is -0.230. The van der Waals surface area contributed by atoms with Crippen LogP contribution in [0.1, 0.15) is 22.0 Å². The van der Waals surface area contributed by atoms with Gasteiger partial charge in [0, 0.05) is 34.0 Å². The van der Waals surface area contributed by atoms with Crippen molar-refractivity contribution >= 4 is 23.4 Å². The van der Waals surface area contributed by atoms with Crippen molar-refractivity contribution in [3.63, 3.8) is 0 Å². The average Bonchev–Trinajstić information content (AvgIpc) is 2.80.